The molecule has 2 rings (SSSR count). The van der Waals surface area contributed by atoms with E-state index in [1.165, 1.54) is 0 Å². The van der Waals surface area contributed by atoms with Crippen LogP contribution >= 0.6 is 0 Å². The Hall–Kier alpha value is -2.22. The fourth-order valence-electron chi connectivity index (χ4n) is 3.66. The molecular formula is C21H29NO4. The van der Waals surface area contributed by atoms with Crippen molar-refractivity contribution in [3.63, 3.8) is 0 Å². The van der Waals surface area contributed by atoms with E-state index in [9.17, 15) is 15.2 Å². The molecule has 1 N–H and O–H groups in total. The average molecular weight is 359 g/mol. The number of hydrogen-bond donors (Lipinski definition) is 1. The maximum atomic E-state index is 11.2. The van der Waals surface area contributed by atoms with E-state index in [2.05, 4.69) is 13.0 Å². The van der Waals surface area contributed by atoms with Gasteiger partial charge in [0, 0.05) is 0 Å². The van der Waals surface area contributed by atoms with Crippen LogP contribution in [-0.2, 0) is 10.2 Å². The second-order valence-corrected chi connectivity index (χ2v) is 7.24. The minimum absolute atomic E-state index is 0.0693. The molecule has 0 heterocycles. The van der Waals surface area contributed by atoms with E-state index in [-0.39, 0.29) is 12.0 Å². The molecule has 0 aromatic heterocycles. The van der Waals surface area contributed by atoms with Crippen molar-refractivity contribution in [2.24, 2.45) is 5.92 Å². The van der Waals surface area contributed by atoms with Gasteiger partial charge in [-0.25, -0.2) is 0 Å². The molecule has 1 aromatic carbocycles. The van der Waals surface area contributed by atoms with Gasteiger partial charge in [-0.05, 0) is 56.7 Å². The van der Waals surface area contributed by atoms with Crippen LogP contribution in [0.5, 0.6) is 11.5 Å². The molecule has 1 unspecified atom stereocenters. The number of unbranched alkanes of at least 4 members (excludes halogenated alkanes) is 1. The molecule has 0 saturated heterocycles. The fourth-order valence-corrected chi connectivity index (χ4v) is 3.66. The summed E-state index contributed by atoms with van der Waals surface area (Å²) in [4.78, 5) is 11.2. The quantitative estimate of drug-likeness (QED) is 0.728. The molecule has 26 heavy (non-hydrogen) atoms. The summed E-state index contributed by atoms with van der Waals surface area (Å²) in [5.41, 5.74) is 0.241. The van der Waals surface area contributed by atoms with Crippen LogP contribution in [0.1, 0.15) is 64.4 Å². The predicted molar refractivity (Wildman–Crippen MR) is 99.5 cm³/mol. The Morgan fingerprint density at radius 3 is 2.62 bits per heavy atom. The lowest BCUT2D eigenvalue weighted by Gasteiger charge is -2.34. The summed E-state index contributed by atoms with van der Waals surface area (Å²) in [6, 6.07) is 8.12. The second-order valence-electron chi connectivity index (χ2n) is 7.24. The van der Waals surface area contributed by atoms with Crippen molar-refractivity contribution in [3.05, 3.63) is 23.8 Å². The van der Waals surface area contributed by atoms with Crippen LogP contribution < -0.4 is 9.47 Å². The van der Waals surface area contributed by atoms with Gasteiger partial charge in [-0.15, -0.1) is 0 Å². The number of benzene rings is 1. The zero-order valence-corrected chi connectivity index (χ0v) is 16.0. The maximum absolute atomic E-state index is 11.2. The molecule has 1 fully saturated rings. The second kappa shape index (κ2) is 8.93. The van der Waals surface area contributed by atoms with E-state index in [1.54, 1.807) is 7.11 Å². The summed E-state index contributed by atoms with van der Waals surface area (Å²) >= 11 is 0. The number of nitrogens with zero attached hydrogens (tertiary/aromatic N) is 1. The van der Waals surface area contributed by atoms with Crippen LogP contribution in [0.3, 0.4) is 0 Å². The van der Waals surface area contributed by atoms with Gasteiger partial charge in [0.05, 0.1) is 30.6 Å². The number of rotatable bonds is 8. The van der Waals surface area contributed by atoms with Crippen molar-refractivity contribution in [1.82, 2.24) is 0 Å². The molecular weight excluding hydrogens is 330 g/mol. The van der Waals surface area contributed by atoms with Crippen molar-refractivity contribution >= 4 is 5.97 Å². The molecule has 5 nitrogen and oxygen atoms in total. The number of carbonyl (C=O) groups is 1. The predicted octanol–water partition coefficient (Wildman–Crippen LogP) is 4.69. The molecule has 0 bridgehead atoms. The third-order valence-electron chi connectivity index (χ3n) is 5.41. The van der Waals surface area contributed by atoms with Crippen molar-refractivity contribution in [2.45, 2.75) is 70.3 Å². The van der Waals surface area contributed by atoms with E-state index < -0.39 is 11.4 Å². The normalized spacial score (nSPS) is 23.7. The van der Waals surface area contributed by atoms with Gasteiger partial charge < -0.3 is 14.6 Å². The van der Waals surface area contributed by atoms with Crippen LogP contribution in [-0.4, -0.2) is 24.3 Å². The van der Waals surface area contributed by atoms with Gasteiger partial charge in [0.25, 0.3) is 0 Å². The van der Waals surface area contributed by atoms with E-state index in [1.807, 2.05) is 25.1 Å². The zero-order chi connectivity index (χ0) is 19.2. The highest BCUT2D eigenvalue weighted by Gasteiger charge is 2.39. The van der Waals surface area contributed by atoms with Crippen LogP contribution in [0, 0.1) is 17.2 Å². The zero-order valence-electron chi connectivity index (χ0n) is 16.0. The number of nitriles is 1. The Morgan fingerprint density at radius 1 is 1.38 bits per heavy atom. The Balaban J connectivity index is 2.24. The third-order valence-corrected chi connectivity index (χ3v) is 5.41. The van der Waals surface area contributed by atoms with Gasteiger partial charge in [0.2, 0.25) is 0 Å². The lowest BCUT2D eigenvalue weighted by molar-refractivity contribution is -0.143. The third kappa shape index (κ3) is 4.49. The van der Waals surface area contributed by atoms with Crippen molar-refractivity contribution in [3.8, 4) is 17.6 Å². The summed E-state index contributed by atoms with van der Waals surface area (Å²) in [6.07, 6.45) is 5.41. The van der Waals surface area contributed by atoms with Gasteiger partial charge in [-0.3, -0.25) is 4.79 Å². The first-order valence-electron chi connectivity index (χ1n) is 9.45. The maximum Gasteiger partial charge on any atom is 0.306 e. The highest BCUT2D eigenvalue weighted by Crippen LogP contribution is 2.43. The summed E-state index contributed by atoms with van der Waals surface area (Å²) in [5, 5.41) is 19.1. The Kier molecular flexibility index (Phi) is 6.90. The topological polar surface area (TPSA) is 79.5 Å². The Labute approximate surface area is 155 Å². The van der Waals surface area contributed by atoms with Crippen LogP contribution in [0.2, 0.25) is 0 Å². The number of hydrogen-bond acceptors (Lipinski definition) is 4. The Morgan fingerprint density at radius 2 is 2.08 bits per heavy atom. The smallest absolute Gasteiger partial charge is 0.306 e. The van der Waals surface area contributed by atoms with E-state index in [4.69, 9.17) is 9.47 Å². The monoisotopic (exact) mass is 359 g/mol. The number of carboxylic acids is 1. The molecule has 0 spiro atoms. The fraction of sp³-hybridized carbons (Fsp3) is 0.619. The van der Waals surface area contributed by atoms with Gasteiger partial charge >= 0.3 is 5.97 Å². The molecule has 1 saturated carbocycles. The molecule has 142 valence electrons. The minimum atomic E-state index is -0.764. The van der Waals surface area contributed by atoms with E-state index in [0.29, 0.717) is 37.2 Å². The van der Waals surface area contributed by atoms with Crippen molar-refractivity contribution < 1.29 is 19.4 Å². The SMILES string of the molecule is CCCCC(C)Oc1cc(C2(C#N)CCC(C(=O)O)CC2)ccc1OC. The lowest BCUT2D eigenvalue weighted by atomic mass is 9.67. The Bertz CT molecular complexity index is 656. The summed E-state index contributed by atoms with van der Waals surface area (Å²) in [6.45, 7) is 4.19. The van der Waals surface area contributed by atoms with Gasteiger partial charge in [-0.1, -0.05) is 25.8 Å². The van der Waals surface area contributed by atoms with Crippen molar-refractivity contribution in [1.29, 1.82) is 5.26 Å². The summed E-state index contributed by atoms with van der Waals surface area (Å²) < 4.78 is 11.5. The molecule has 1 aliphatic rings. The van der Waals surface area contributed by atoms with Gasteiger partial charge in [0.15, 0.2) is 11.5 Å². The largest absolute Gasteiger partial charge is 0.493 e. The molecule has 1 atom stereocenters. The van der Waals surface area contributed by atoms with Crippen LogP contribution in [0.15, 0.2) is 18.2 Å². The molecule has 1 aromatic rings. The minimum Gasteiger partial charge on any atom is -0.493 e. The van der Waals surface area contributed by atoms with Crippen LogP contribution in [0.4, 0.5) is 0 Å². The van der Waals surface area contributed by atoms with Gasteiger partial charge in [-0.2, -0.15) is 5.26 Å². The average Bonchev–Trinajstić information content (AvgIpc) is 2.66. The van der Waals surface area contributed by atoms with E-state index in [0.717, 1.165) is 24.8 Å². The van der Waals surface area contributed by atoms with Crippen molar-refractivity contribution in [2.75, 3.05) is 7.11 Å². The van der Waals surface area contributed by atoms with Crippen LogP contribution in [0.25, 0.3) is 0 Å². The highest BCUT2D eigenvalue weighted by molar-refractivity contribution is 5.70. The van der Waals surface area contributed by atoms with Gasteiger partial charge in [0.1, 0.15) is 0 Å². The number of carboxylic acid groups (broad SMARTS) is 1. The summed E-state index contributed by atoms with van der Waals surface area (Å²) in [5.74, 6) is 0.201. The molecule has 0 radical (unpaired) electrons. The molecule has 0 amide bonds. The van der Waals surface area contributed by atoms with E-state index >= 15 is 0 Å². The molecule has 0 aliphatic heterocycles. The first-order valence-corrected chi connectivity index (χ1v) is 9.45. The standard InChI is InChI=1S/C21H29NO4/c1-4-5-6-15(2)26-19-13-17(7-8-18(19)25-3)21(14-22)11-9-16(10-12-21)20(23)24/h7-8,13,15-16H,4-6,9-12H2,1-3H3,(H,23,24). The summed E-state index contributed by atoms with van der Waals surface area (Å²) in [7, 11) is 1.61. The number of aliphatic carboxylic acids is 1. The molecule has 5 heteroatoms. The highest BCUT2D eigenvalue weighted by atomic mass is 16.5. The lowest BCUT2D eigenvalue weighted by Crippen LogP contribution is -2.33. The first-order chi connectivity index (χ1) is 12.5. The number of ether oxygens (including phenoxy) is 2. The molecule has 1 aliphatic carbocycles. The number of methoxy groups -OCH3 is 1. The first kappa shape index (κ1) is 20.1.